The molecule has 1 amide bonds. The van der Waals surface area contributed by atoms with Crippen molar-refractivity contribution in [1.29, 1.82) is 0 Å². The van der Waals surface area contributed by atoms with E-state index in [1.807, 2.05) is 0 Å². The maximum Gasteiger partial charge on any atom is 0.335 e. The van der Waals surface area contributed by atoms with Crippen LogP contribution in [0.15, 0.2) is 24.3 Å². The number of carboxylic acid groups (broad SMARTS) is 1. The fraction of sp³-hybridized carbons (Fsp3) is 0.273. The Morgan fingerprint density at radius 2 is 1.62 bits per heavy atom. The number of carbonyl (C=O) groups excluding carboxylic acids is 1. The van der Waals surface area contributed by atoms with E-state index < -0.39 is 5.97 Å². The molecule has 0 fully saturated rings. The van der Waals surface area contributed by atoms with Crippen LogP contribution in [0.2, 0.25) is 0 Å². The van der Waals surface area contributed by atoms with Crippen molar-refractivity contribution >= 4 is 17.6 Å². The Kier molecular flexibility index (Phi) is 3.50. The Morgan fingerprint density at radius 1 is 1.12 bits per heavy atom. The Labute approximate surface area is 93.9 Å². The topological polar surface area (TPSA) is 60.9 Å². The molecule has 5 heteroatoms. The van der Waals surface area contributed by atoms with Crippen molar-refractivity contribution in [1.82, 2.24) is 5.01 Å². The van der Waals surface area contributed by atoms with Gasteiger partial charge in [0.25, 0.3) is 0 Å². The van der Waals surface area contributed by atoms with Crippen molar-refractivity contribution in [3.63, 3.8) is 0 Å². The number of carboxylic acids is 1. The molecule has 1 aromatic rings. The maximum atomic E-state index is 11.1. The van der Waals surface area contributed by atoms with Crippen LogP contribution in [0.5, 0.6) is 0 Å². The van der Waals surface area contributed by atoms with E-state index in [0.717, 1.165) is 5.69 Å². The molecule has 0 aliphatic rings. The molecule has 1 rings (SSSR count). The summed E-state index contributed by atoms with van der Waals surface area (Å²) in [5, 5.41) is 11.8. The number of aromatic carboxylic acids is 1. The Morgan fingerprint density at radius 3 is 2.00 bits per heavy atom. The van der Waals surface area contributed by atoms with E-state index in [9.17, 15) is 9.59 Å². The van der Waals surface area contributed by atoms with E-state index in [4.69, 9.17) is 5.11 Å². The van der Waals surface area contributed by atoms with Crippen LogP contribution in [0.4, 0.5) is 5.69 Å². The highest BCUT2D eigenvalue weighted by Crippen LogP contribution is 2.15. The number of carbonyl (C=O) groups is 2. The molecule has 0 aliphatic heterocycles. The average Bonchev–Trinajstić information content (AvgIpc) is 2.27. The number of benzene rings is 1. The molecule has 0 heterocycles. The van der Waals surface area contributed by atoms with Crippen molar-refractivity contribution in [3.8, 4) is 0 Å². The highest BCUT2D eigenvalue weighted by atomic mass is 16.4. The second-order valence-corrected chi connectivity index (χ2v) is 3.42. The maximum absolute atomic E-state index is 11.1. The monoisotopic (exact) mass is 222 g/mol. The molecule has 1 N–H and O–H groups in total. The molecular weight excluding hydrogens is 208 g/mol. The largest absolute Gasteiger partial charge is 0.478 e. The van der Waals surface area contributed by atoms with Gasteiger partial charge in [0.15, 0.2) is 0 Å². The highest BCUT2D eigenvalue weighted by molar-refractivity contribution is 5.88. The first-order valence-electron chi connectivity index (χ1n) is 4.74. The summed E-state index contributed by atoms with van der Waals surface area (Å²) in [6.45, 7) is 1.46. The number of rotatable bonds is 3. The number of amides is 1. The van der Waals surface area contributed by atoms with Gasteiger partial charge in [0.1, 0.15) is 0 Å². The van der Waals surface area contributed by atoms with E-state index in [1.165, 1.54) is 24.1 Å². The first kappa shape index (κ1) is 12.0. The molecule has 0 saturated carbocycles. The SMILES string of the molecule is CC(=O)N(C)N(C)c1ccc(C(=O)O)cc1. The van der Waals surface area contributed by atoms with Gasteiger partial charge in [-0.25, -0.2) is 4.79 Å². The number of hydrogen-bond acceptors (Lipinski definition) is 3. The lowest BCUT2D eigenvalue weighted by molar-refractivity contribution is -0.127. The Bertz CT molecular complexity index is 400. The standard InChI is InChI=1S/C11H14N2O3/c1-8(14)12(2)13(3)10-6-4-9(5-7-10)11(15)16/h4-7H,1-3H3,(H,15,16). The van der Waals surface area contributed by atoms with E-state index in [-0.39, 0.29) is 11.5 Å². The molecule has 16 heavy (non-hydrogen) atoms. The molecule has 86 valence electrons. The van der Waals surface area contributed by atoms with Crippen LogP contribution in [-0.4, -0.2) is 36.1 Å². The van der Waals surface area contributed by atoms with Crippen LogP contribution in [0.1, 0.15) is 17.3 Å². The lowest BCUT2D eigenvalue weighted by Crippen LogP contribution is -2.39. The minimum atomic E-state index is -0.964. The minimum Gasteiger partial charge on any atom is -0.478 e. The number of hydrazine groups is 1. The minimum absolute atomic E-state index is 0.0928. The van der Waals surface area contributed by atoms with Crippen LogP contribution in [-0.2, 0) is 4.79 Å². The zero-order chi connectivity index (χ0) is 12.3. The average molecular weight is 222 g/mol. The number of hydrogen-bond donors (Lipinski definition) is 1. The third-order valence-corrected chi connectivity index (χ3v) is 2.39. The summed E-state index contributed by atoms with van der Waals surface area (Å²) in [5.41, 5.74) is 0.977. The molecule has 1 aromatic carbocycles. The third-order valence-electron chi connectivity index (χ3n) is 2.39. The molecular formula is C11H14N2O3. The van der Waals surface area contributed by atoms with Gasteiger partial charge in [-0.15, -0.1) is 0 Å². The second kappa shape index (κ2) is 4.65. The molecule has 5 nitrogen and oxygen atoms in total. The van der Waals surface area contributed by atoms with Crippen molar-refractivity contribution in [2.75, 3.05) is 19.1 Å². The van der Waals surface area contributed by atoms with Gasteiger partial charge in [0.2, 0.25) is 5.91 Å². The van der Waals surface area contributed by atoms with Crippen LogP contribution in [0.3, 0.4) is 0 Å². The zero-order valence-electron chi connectivity index (χ0n) is 9.47. The molecule has 0 aromatic heterocycles. The predicted molar refractivity (Wildman–Crippen MR) is 60.2 cm³/mol. The van der Waals surface area contributed by atoms with Gasteiger partial charge < -0.3 is 5.11 Å². The molecule has 0 radical (unpaired) electrons. The first-order valence-corrected chi connectivity index (χ1v) is 4.74. The van der Waals surface area contributed by atoms with E-state index in [0.29, 0.717) is 0 Å². The summed E-state index contributed by atoms with van der Waals surface area (Å²) in [6, 6.07) is 6.32. The fourth-order valence-corrected chi connectivity index (χ4v) is 1.20. The summed E-state index contributed by atoms with van der Waals surface area (Å²) in [6.07, 6.45) is 0. The van der Waals surface area contributed by atoms with Crippen molar-refractivity contribution in [3.05, 3.63) is 29.8 Å². The van der Waals surface area contributed by atoms with E-state index >= 15 is 0 Å². The molecule has 0 atom stereocenters. The van der Waals surface area contributed by atoms with Gasteiger partial charge in [0.05, 0.1) is 11.3 Å². The summed E-state index contributed by atoms with van der Waals surface area (Å²) >= 11 is 0. The normalized spacial score (nSPS) is 9.69. The molecule has 0 unspecified atom stereocenters. The van der Waals surface area contributed by atoms with Gasteiger partial charge in [-0.05, 0) is 24.3 Å². The summed E-state index contributed by atoms with van der Waals surface area (Å²) in [4.78, 5) is 21.8. The fourth-order valence-electron chi connectivity index (χ4n) is 1.20. The van der Waals surface area contributed by atoms with Gasteiger partial charge >= 0.3 is 5.97 Å². The molecule has 0 spiro atoms. The third kappa shape index (κ3) is 2.50. The van der Waals surface area contributed by atoms with Crippen LogP contribution >= 0.6 is 0 Å². The van der Waals surface area contributed by atoms with Gasteiger partial charge in [-0.3, -0.25) is 14.8 Å². The Balaban J connectivity index is 2.89. The highest BCUT2D eigenvalue weighted by Gasteiger charge is 2.10. The van der Waals surface area contributed by atoms with Crippen LogP contribution in [0, 0.1) is 0 Å². The van der Waals surface area contributed by atoms with Crippen LogP contribution in [0.25, 0.3) is 0 Å². The van der Waals surface area contributed by atoms with Crippen molar-refractivity contribution < 1.29 is 14.7 Å². The van der Waals surface area contributed by atoms with Gasteiger partial charge in [-0.2, -0.15) is 0 Å². The molecule has 0 aliphatic carbocycles. The smallest absolute Gasteiger partial charge is 0.335 e. The van der Waals surface area contributed by atoms with E-state index in [2.05, 4.69) is 0 Å². The number of nitrogens with zero attached hydrogens (tertiary/aromatic N) is 2. The van der Waals surface area contributed by atoms with Crippen molar-refractivity contribution in [2.24, 2.45) is 0 Å². The lowest BCUT2D eigenvalue weighted by Gasteiger charge is -2.29. The lowest BCUT2D eigenvalue weighted by atomic mass is 10.2. The summed E-state index contributed by atoms with van der Waals surface area (Å²) < 4.78 is 0. The van der Waals surface area contributed by atoms with Gasteiger partial charge in [-0.1, -0.05) is 0 Å². The first-order chi connectivity index (χ1) is 7.43. The molecule has 0 saturated heterocycles. The summed E-state index contributed by atoms with van der Waals surface area (Å²) in [7, 11) is 3.38. The second-order valence-electron chi connectivity index (χ2n) is 3.42. The Hall–Kier alpha value is -2.04. The quantitative estimate of drug-likeness (QED) is 0.781. The zero-order valence-corrected chi connectivity index (χ0v) is 9.47. The van der Waals surface area contributed by atoms with E-state index in [1.54, 1.807) is 31.2 Å². The number of anilines is 1. The van der Waals surface area contributed by atoms with Crippen LogP contribution < -0.4 is 5.01 Å². The van der Waals surface area contributed by atoms with Gasteiger partial charge in [0, 0.05) is 21.0 Å². The summed E-state index contributed by atoms with van der Waals surface area (Å²) in [5.74, 6) is -1.06. The molecule has 0 bridgehead atoms. The predicted octanol–water partition coefficient (Wildman–Crippen LogP) is 1.21. The van der Waals surface area contributed by atoms with Crippen molar-refractivity contribution in [2.45, 2.75) is 6.92 Å².